The summed E-state index contributed by atoms with van der Waals surface area (Å²) in [6.07, 6.45) is 11.1. The first kappa shape index (κ1) is 29.9. The predicted octanol–water partition coefficient (Wildman–Crippen LogP) is 5.09. The summed E-state index contributed by atoms with van der Waals surface area (Å²) in [5, 5.41) is 35.5. The minimum atomic E-state index is 0.00187. The minimum Gasteiger partial charge on any atom is -0.324 e. The fourth-order valence-electron chi connectivity index (χ4n) is 3.76. The first-order valence-electron chi connectivity index (χ1n) is 12.3. The SMILES string of the molecule is CCCC[N+](CCCC)(CCCC)CCCC.N#CC(C#N)=c1ccc(=C(C#N)C#N)cc1. The predicted molar refractivity (Wildman–Crippen MR) is 134 cm³/mol. The molecule has 1 aromatic carbocycles. The van der Waals surface area contributed by atoms with Crippen LogP contribution >= 0.6 is 0 Å². The van der Waals surface area contributed by atoms with E-state index in [0.717, 1.165) is 0 Å². The first-order valence-corrected chi connectivity index (χ1v) is 12.3. The van der Waals surface area contributed by atoms with Crippen LogP contribution in [0.5, 0.6) is 0 Å². The molecule has 0 radical (unpaired) electrons. The van der Waals surface area contributed by atoms with Gasteiger partial charge in [0.25, 0.3) is 0 Å². The highest BCUT2D eigenvalue weighted by atomic mass is 15.3. The summed E-state index contributed by atoms with van der Waals surface area (Å²) in [6.45, 7) is 15.0. The smallest absolute Gasteiger partial charge is 0.136 e. The van der Waals surface area contributed by atoms with Gasteiger partial charge in [-0.3, -0.25) is 0 Å². The lowest BCUT2D eigenvalue weighted by atomic mass is 10.1. The second-order valence-electron chi connectivity index (χ2n) is 8.42. The second-order valence-corrected chi connectivity index (χ2v) is 8.42. The van der Waals surface area contributed by atoms with E-state index in [1.807, 2.05) is 0 Å². The van der Waals surface area contributed by atoms with Gasteiger partial charge in [0, 0.05) is 10.4 Å². The molecular formula is C28H40N5+. The molecule has 33 heavy (non-hydrogen) atoms. The van der Waals surface area contributed by atoms with Crippen LogP contribution in [0.3, 0.4) is 0 Å². The van der Waals surface area contributed by atoms with Crippen molar-refractivity contribution in [3.8, 4) is 24.3 Å². The third-order valence-corrected chi connectivity index (χ3v) is 5.85. The lowest BCUT2D eigenvalue weighted by Gasteiger charge is -2.39. The van der Waals surface area contributed by atoms with Gasteiger partial charge in [-0.2, -0.15) is 21.0 Å². The lowest BCUT2D eigenvalue weighted by Crippen LogP contribution is -2.50. The zero-order chi connectivity index (χ0) is 25.0. The number of unbranched alkanes of at least 4 members (excludes halogenated alkanes) is 4. The van der Waals surface area contributed by atoms with Crippen LogP contribution in [-0.2, 0) is 0 Å². The first-order chi connectivity index (χ1) is 16.0. The Labute approximate surface area is 201 Å². The molecular weight excluding hydrogens is 406 g/mol. The van der Waals surface area contributed by atoms with Crippen LogP contribution in [0, 0.1) is 45.3 Å². The lowest BCUT2D eigenvalue weighted by molar-refractivity contribution is -0.929. The monoisotopic (exact) mass is 446 g/mol. The summed E-state index contributed by atoms with van der Waals surface area (Å²) in [5.41, 5.74) is 0.00373. The van der Waals surface area contributed by atoms with Crippen molar-refractivity contribution in [2.45, 2.75) is 79.1 Å². The quantitative estimate of drug-likeness (QED) is 0.418. The van der Waals surface area contributed by atoms with Crippen molar-refractivity contribution in [2.24, 2.45) is 0 Å². The van der Waals surface area contributed by atoms with Crippen molar-refractivity contribution in [1.29, 1.82) is 21.0 Å². The second kappa shape index (κ2) is 18.5. The minimum absolute atomic E-state index is 0.00187. The summed E-state index contributed by atoms with van der Waals surface area (Å²) in [5.74, 6) is 0. The van der Waals surface area contributed by atoms with Gasteiger partial charge < -0.3 is 4.48 Å². The van der Waals surface area contributed by atoms with E-state index in [1.54, 1.807) is 24.3 Å². The van der Waals surface area contributed by atoms with E-state index < -0.39 is 0 Å². The van der Waals surface area contributed by atoms with E-state index in [-0.39, 0.29) is 11.1 Å². The molecule has 0 aromatic heterocycles. The number of nitriles is 4. The maximum atomic E-state index is 8.63. The van der Waals surface area contributed by atoms with Crippen LogP contribution in [0.25, 0.3) is 11.1 Å². The third-order valence-electron chi connectivity index (χ3n) is 5.85. The van der Waals surface area contributed by atoms with E-state index in [4.69, 9.17) is 21.0 Å². The molecule has 0 bridgehead atoms. The topological polar surface area (TPSA) is 95.2 Å². The molecule has 1 rings (SSSR count). The number of nitrogens with zero attached hydrogens (tertiary/aromatic N) is 5. The van der Waals surface area contributed by atoms with Gasteiger partial charge in [0.05, 0.1) is 26.2 Å². The normalized spacial score (nSPS) is 9.94. The Hall–Kier alpha value is -3.12. The summed E-state index contributed by atoms with van der Waals surface area (Å²) in [7, 11) is 0. The number of quaternary nitrogens is 1. The molecule has 0 saturated heterocycles. The summed E-state index contributed by atoms with van der Waals surface area (Å²) < 4.78 is 1.42. The summed E-state index contributed by atoms with van der Waals surface area (Å²) in [4.78, 5) is 0. The van der Waals surface area contributed by atoms with Gasteiger partial charge in [-0.15, -0.1) is 0 Å². The highest BCUT2D eigenvalue weighted by Gasteiger charge is 2.24. The van der Waals surface area contributed by atoms with Crippen molar-refractivity contribution in [2.75, 3.05) is 26.2 Å². The third kappa shape index (κ3) is 11.3. The largest absolute Gasteiger partial charge is 0.324 e. The molecule has 0 heterocycles. The molecule has 1 aromatic rings. The van der Waals surface area contributed by atoms with Crippen LogP contribution in [0.2, 0.25) is 0 Å². The maximum Gasteiger partial charge on any atom is 0.136 e. The average molecular weight is 447 g/mol. The van der Waals surface area contributed by atoms with Gasteiger partial charge in [-0.1, -0.05) is 77.6 Å². The van der Waals surface area contributed by atoms with Gasteiger partial charge in [0.15, 0.2) is 0 Å². The molecule has 0 spiro atoms. The average Bonchev–Trinajstić information content (AvgIpc) is 2.86. The van der Waals surface area contributed by atoms with E-state index in [1.165, 1.54) is 106 Å². The van der Waals surface area contributed by atoms with Gasteiger partial charge in [-0.25, -0.2) is 0 Å². The Bertz CT molecular complexity index is 824. The molecule has 0 aliphatic carbocycles. The van der Waals surface area contributed by atoms with Gasteiger partial charge in [-0.05, 0) is 25.7 Å². The Morgan fingerprint density at radius 1 is 0.545 bits per heavy atom. The number of hydrogen-bond donors (Lipinski definition) is 0. The Balaban J connectivity index is 0.000000621. The van der Waals surface area contributed by atoms with Gasteiger partial charge in [0.1, 0.15) is 35.4 Å². The summed E-state index contributed by atoms with van der Waals surface area (Å²) in [6, 6.07) is 13.2. The molecule has 0 amide bonds. The van der Waals surface area contributed by atoms with Gasteiger partial charge in [0.2, 0.25) is 0 Å². The summed E-state index contributed by atoms with van der Waals surface area (Å²) >= 11 is 0. The standard InChI is InChI=1S/C16H36N.C12H4N4/c1-5-9-13-17(14-10-6-2,15-11-7-3)16-12-8-4;13-5-11(6-14)9-1-2-10(4-3-9)12(7-15)8-16/h5-16H2,1-4H3;1-4H/q+1;. The highest BCUT2D eigenvalue weighted by Crippen LogP contribution is 2.16. The molecule has 0 atom stereocenters. The molecule has 176 valence electrons. The fourth-order valence-corrected chi connectivity index (χ4v) is 3.76. The molecule has 0 saturated carbocycles. The maximum absolute atomic E-state index is 8.63. The Kier molecular flexibility index (Phi) is 16.7. The van der Waals surface area contributed by atoms with E-state index in [0.29, 0.717) is 10.4 Å². The molecule has 0 fully saturated rings. The number of hydrogen-bond acceptors (Lipinski definition) is 4. The van der Waals surface area contributed by atoms with Crippen LogP contribution in [0.1, 0.15) is 79.1 Å². The molecule has 0 unspecified atom stereocenters. The van der Waals surface area contributed by atoms with Crippen molar-refractivity contribution in [3.05, 3.63) is 34.7 Å². The van der Waals surface area contributed by atoms with Gasteiger partial charge >= 0.3 is 0 Å². The molecule has 5 nitrogen and oxygen atoms in total. The molecule has 0 aliphatic heterocycles. The van der Waals surface area contributed by atoms with Crippen LogP contribution < -0.4 is 10.4 Å². The fraction of sp³-hybridized carbons (Fsp3) is 0.571. The Morgan fingerprint density at radius 2 is 0.788 bits per heavy atom. The number of benzene rings is 1. The molecule has 5 heteroatoms. The van der Waals surface area contributed by atoms with Crippen molar-refractivity contribution >= 4 is 11.1 Å². The molecule has 0 N–H and O–H groups in total. The van der Waals surface area contributed by atoms with Crippen LogP contribution in [0.4, 0.5) is 0 Å². The van der Waals surface area contributed by atoms with Crippen molar-refractivity contribution < 1.29 is 4.48 Å². The highest BCUT2D eigenvalue weighted by molar-refractivity contribution is 5.74. The number of rotatable bonds is 12. The Morgan fingerprint density at radius 3 is 0.970 bits per heavy atom. The zero-order valence-corrected chi connectivity index (χ0v) is 21.0. The zero-order valence-electron chi connectivity index (χ0n) is 21.0. The van der Waals surface area contributed by atoms with Crippen LogP contribution in [0.15, 0.2) is 24.3 Å². The van der Waals surface area contributed by atoms with E-state index in [2.05, 4.69) is 27.7 Å². The van der Waals surface area contributed by atoms with Crippen molar-refractivity contribution in [3.63, 3.8) is 0 Å². The van der Waals surface area contributed by atoms with E-state index in [9.17, 15) is 0 Å². The molecule has 0 aliphatic rings. The van der Waals surface area contributed by atoms with Crippen LogP contribution in [-0.4, -0.2) is 30.7 Å². The van der Waals surface area contributed by atoms with Crippen molar-refractivity contribution in [1.82, 2.24) is 0 Å². The van der Waals surface area contributed by atoms with E-state index >= 15 is 0 Å².